The number of nitrogens with zero attached hydrogens (tertiary/aromatic N) is 4. The summed E-state index contributed by atoms with van der Waals surface area (Å²) in [5.41, 5.74) is 9.68. The summed E-state index contributed by atoms with van der Waals surface area (Å²) in [6.45, 7) is 5.49. The standard InChI is InChI=1S/C20H26N6O/c1-13(2)16-11-23-26-18(16)24-20(27-12-14-6-5-7-14)25-19(26)22-10-15-8-3-4-9-17(15)21/h3-4,8-9,11,13-14H,5-7,10,12,21H2,1-2H3,(H,22,24,25). The maximum atomic E-state index is 6.05. The van der Waals surface area contributed by atoms with Gasteiger partial charge in [-0.15, -0.1) is 0 Å². The van der Waals surface area contributed by atoms with Crippen LogP contribution in [-0.2, 0) is 6.54 Å². The van der Waals surface area contributed by atoms with E-state index in [0.29, 0.717) is 36.9 Å². The van der Waals surface area contributed by atoms with Crippen LogP contribution in [0.25, 0.3) is 5.65 Å². The van der Waals surface area contributed by atoms with Gasteiger partial charge in [0.1, 0.15) is 0 Å². The summed E-state index contributed by atoms with van der Waals surface area (Å²) in [4.78, 5) is 9.19. The molecule has 0 saturated heterocycles. The average molecular weight is 366 g/mol. The predicted octanol–water partition coefficient (Wildman–Crippen LogP) is 3.62. The zero-order valence-corrected chi connectivity index (χ0v) is 15.9. The van der Waals surface area contributed by atoms with Crippen LogP contribution in [-0.4, -0.2) is 26.2 Å². The molecule has 2 heterocycles. The highest BCUT2D eigenvalue weighted by Gasteiger charge is 2.20. The molecule has 0 amide bonds. The summed E-state index contributed by atoms with van der Waals surface area (Å²) in [5.74, 6) is 1.55. The Hall–Kier alpha value is -2.83. The quantitative estimate of drug-likeness (QED) is 0.621. The van der Waals surface area contributed by atoms with Crippen LogP contribution in [0.15, 0.2) is 30.5 Å². The molecular weight excluding hydrogens is 340 g/mol. The fourth-order valence-electron chi connectivity index (χ4n) is 3.18. The van der Waals surface area contributed by atoms with Crippen molar-refractivity contribution in [3.8, 4) is 6.01 Å². The first-order chi connectivity index (χ1) is 13.1. The third-order valence-corrected chi connectivity index (χ3v) is 5.16. The van der Waals surface area contributed by atoms with E-state index in [1.165, 1.54) is 19.3 Å². The number of aromatic nitrogens is 4. The van der Waals surface area contributed by atoms with E-state index in [0.717, 1.165) is 22.5 Å². The molecule has 0 unspecified atom stereocenters. The summed E-state index contributed by atoms with van der Waals surface area (Å²) in [6, 6.07) is 8.19. The second kappa shape index (κ2) is 7.42. The number of para-hydroxylation sites is 1. The number of nitrogens with two attached hydrogens (primary N) is 1. The molecule has 1 aromatic carbocycles. The van der Waals surface area contributed by atoms with E-state index < -0.39 is 0 Å². The van der Waals surface area contributed by atoms with Crippen molar-refractivity contribution in [1.29, 1.82) is 0 Å². The molecule has 142 valence electrons. The molecule has 27 heavy (non-hydrogen) atoms. The Labute approximate surface area is 159 Å². The van der Waals surface area contributed by atoms with Crippen LogP contribution in [0.5, 0.6) is 6.01 Å². The van der Waals surface area contributed by atoms with Crippen molar-refractivity contribution < 1.29 is 4.74 Å². The summed E-state index contributed by atoms with van der Waals surface area (Å²) in [6.07, 6.45) is 5.60. The number of hydrogen-bond acceptors (Lipinski definition) is 6. The third-order valence-electron chi connectivity index (χ3n) is 5.16. The molecule has 1 fully saturated rings. The van der Waals surface area contributed by atoms with Gasteiger partial charge in [0.25, 0.3) is 0 Å². The molecule has 0 atom stereocenters. The van der Waals surface area contributed by atoms with E-state index in [-0.39, 0.29) is 0 Å². The van der Waals surface area contributed by atoms with Crippen molar-refractivity contribution in [2.75, 3.05) is 17.7 Å². The zero-order chi connectivity index (χ0) is 18.8. The van der Waals surface area contributed by atoms with Gasteiger partial charge in [0.2, 0.25) is 5.95 Å². The van der Waals surface area contributed by atoms with Crippen molar-refractivity contribution in [3.05, 3.63) is 41.6 Å². The Balaban J connectivity index is 1.63. The van der Waals surface area contributed by atoms with Crippen molar-refractivity contribution in [3.63, 3.8) is 0 Å². The minimum absolute atomic E-state index is 0.314. The van der Waals surface area contributed by atoms with Crippen LogP contribution >= 0.6 is 0 Å². The smallest absolute Gasteiger partial charge is 0.321 e. The molecule has 0 aliphatic heterocycles. The molecule has 7 heteroatoms. The Morgan fingerprint density at radius 3 is 2.78 bits per heavy atom. The number of hydrogen-bond donors (Lipinski definition) is 2. The van der Waals surface area contributed by atoms with Gasteiger partial charge in [0, 0.05) is 17.8 Å². The first-order valence-corrected chi connectivity index (χ1v) is 9.57. The van der Waals surface area contributed by atoms with Crippen LogP contribution in [0.1, 0.15) is 50.2 Å². The van der Waals surface area contributed by atoms with Gasteiger partial charge >= 0.3 is 6.01 Å². The van der Waals surface area contributed by atoms with Gasteiger partial charge in [0.05, 0.1) is 12.8 Å². The lowest BCUT2D eigenvalue weighted by atomic mass is 9.86. The molecule has 1 aliphatic rings. The molecule has 1 saturated carbocycles. The Kier molecular flexibility index (Phi) is 4.83. The van der Waals surface area contributed by atoms with Crippen LogP contribution in [0.4, 0.5) is 11.6 Å². The first kappa shape index (κ1) is 17.6. The second-order valence-electron chi connectivity index (χ2n) is 7.48. The lowest BCUT2D eigenvalue weighted by Crippen LogP contribution is -2.20. The van der Waals surface area contributed by atoms with E-state index in [1.54, 1.807) is 4.52 Å². The number of benzene rings is 1. The predicted molar refractivity (Wildman–Crippen MR) is 106 cm³/mol. The van der Waals surface area contributed by atoms with Gasteiger partial charge in [-0.2, -0.15) is 19.6 Å². The summed E-state index contributed by atoms with van der Waals surface area (Å²) in [7, 11) is 0. The summed E-state index contributed by atoms with van der Waals surface area (Å²) < 4.78 is 7.65. The zero-order valence-electron chi connectivity index (χ0n) is 15.9. The maximum absolute atomic E-state index is 6.05. The Bertz CT molecular complexity index is 931. The highest BCUT2D eigenvalue weighted by atomic mass is 16.5. The fraction of sp³-hybridized carbons (Fsp3) is 0.450. The van der Waals surface area contributed by atoms with E-state index in [4.69, 9.17) is 10.5 Å². The van der Waals surface area contributed by atoms with Crippen LogP contribution in [0, 0.1) is 5.92 Å². The number of nitrogens with one attached hydrogen (secondary N) is 1. The lowest BCUT2D eigenvalue weighted by molar-refractivity contribution is 0.170. The van der Waals surface area contributed by atoms with E-state index in [1.807, 2.05) is 30.5 Å². The van der Waals surface area contributed by atoms with Crippen molar-refractivity contribution in [2.45, 2.75) is 45.6 Å². The number of anilines is 2. The molecular formula is C20H26N6O. The van der Waals surface area contributed by atoms with Gasteiger partial charge in [-0.25, -0.2) is 0 Å². The minimum atomic E-state index is 0.314. The topological polar surface area (TPSA) is 90.4 Å². The van der Waals surface area contributed by atoms with E-state index in [2.05, 4.69) is 34.2 Å². The van der Waals surface area contributed by atoms with Gasteiger partial charge in [-0.3, -0.25) is 0 Å². The van der Waals surface area contributed by atoms with Crippen LogP contribution in [0.3, 0.4) is 0 Å². The number of nitrogen functional groups attached to an aromatic ring is 1. The molecule has 0 radical (unpaired) electrons. The van der Waals surface area contributed by atoms with Crippen molar-refractivity contribution >= 4 is 17.3 Å². The van der Waals surface area contributed by atoms with Crippen LogP contribution in [0.2, 0.25) is 0 Å². The monoisotopic (exact) mass is 366 g/mol. The molecule has 0 bridgehead atoms. The molecule has 4 rings (SSSR count). The van der Waals surface area contributed by atoms with Gasteiger partial charge in [0.15, 0.2) is 5.65 Å². The normalized spacial score (nSPS) is 14.5. The summed E-state index contributed by atoms with van der Waals surface area (Å²) >= 11 is 0. The van der Waals surface area contributed by atoms with Gasteiger partial charge < -0.3 is 15.8 Å². The molecule has 3 aromatic rings. The Morgan fingerprint density at radius 1 is 1.26 bits per heavy atom. The number of ether oxygens (including phenoxy) is 1. The van der Waals surface area contributed by atoms with E-state index >= 15 is 0 Å². The molecule has 0 spiro atoms. The highest BCUT2D eigenvalue weighted by Crippen LogP contribution is 2.27. The van der Waals surface area contributed by atoms with Gasteiger partial charge in [-0.1, -0.05) is 38.5 Å². The van der Waals surface area contributed by atoms with Crippen molar-refractivity contribution in [1.82, 2.24) is 19.6 Å². The molecule has 3 N–H and O–H groups in total. The largest absolute Gasteiger partial charge is 0.463 e. The highest BCUT2D eigenvalue weighted by molar-refractivity contribution is 5.54. The first-order valence-electron chi connectivity index (χ1n) is 9.57. The number of rotatable bonds is 7. The second-order valence-corrected chi connectivity index (χ2v) is 7.48. The number of fused-ring (bicyclic) bond motifs is 1. The van der Waals surface area contributed by atoms with Crippen molar-refractivity contribution in [2.24, 2.45) is 5.92 Å². The molecule has 1 aliphatic carbocycles. The lowest BCUT2D eigenvalue weighted by Gasteiger charge is -2.24. The fourth-order valence-corrected chi connectivity index (χ4v) is 3.18. The maximum Gasteiger partial charge on any atom is 0.321 e. The SMILES string of the molecule is CC(C)c1cnn2c(NCc3ccccc3N)nc(OCC3CCC3)nc12. The molecule has 7 nitrogen and oxygen atoms in total. The van der Waals surface area contributed by atoms with E-state index in [9.17, 15) is 0 Å². The van der Waals surface area contributed by atoms with Gasteiger partial charge in [-0.05, 0) is 36.3 Å². The van der Waals surface area contributed by atoms with Crippen LogP contribution < -0.4 is 15.8 Å². The third kappa shape index (κ3) is 3.67. The minimum Gasteiger partial charge on any atom is -0.463 e. The summed E-state index contributed by atoms with van der Waals surface area (Å²) in [5, 5.41) is 7.82. The molecule has 2 aromatic heterocycles. The Morgan fingerprint density at radius 2 is 2.07 bits per heavy atom. The average Bonchev–Trinajstić information content (AvgIpc) is 3.04.